The number of fused-ring (bicyclic) bond motifs is 1. The van der Waals surface area contributed by atoms with Gasteiger partial charge in [0.05, 0.1) is 18.1 Å². The van der Waals surface area contributed by atoms with Crippen LogP contribution in [0.3, 0.4) is 0 Å². The highest BCUT2D eigenvalue weighted by atomic mass is 16.5. The Bertz CT molecular complexity index is 1800. The number of anilines is 1. The van der Waals surface area contributed by atoms with Crippen LogP contribution in [0.5, 0.6) is 0 Å². The fourth-order valence-corrected chi connectivity index (χ4v) is 3.98. The molecule has 212 valence electrons. The number of urea groups is 1. The van der Waals surface area contributed by atoms with Crippen molar-refractivity contribution in [1.82, 2.24) is 15.4 Å². The number of carbonyl (C=O) groups excluding carboxylic acids is 5. The molecule has 0 radical (unpaired) electrons. The van der Waals surface area contributed by atoms with E-state index in [-0.39, 0.29) is 28.1 Å². The summed E-state index contributed by atoms with van der Waals surface area (Å²) < 4.78 is 4.70. The number of nitrogens with two attached hydrogens (primary N) is 1. The quantitative estimate of drug-likeness (QED) is 0.0770. The van der Waals surface area contributed by atoms with Crippen molar-refractivity contribution in [3.8, 4) is 0 Å². The molecule has 0 bridgehead atoms. The third-order valence-electron chi connectivity index (χ3n) is 6.04. The molecule has 4 aromatic rings. The minimum absolute atomic E-state index is 0.123. The lowest BCUT2D eigenvalue weighted by Gasteiger charge is -2.16. The Morgan fingerprint density at radius 1 is 0.952 bits per heavy atom. The number of aromatic amines is 1. The summed E-state index contributed by atoms with van der Waals surface area (Å²) in [6.45, 7) is 1.83. The number of amides is 3. The lowest BCUT2D eigenvalue weighted by molar-refractivity contribution is -0.136. The number of hydrogen-bond acceptors (Lipinski definition) is 9. The van der Waals surface area contributed by atoms with Crippen molar-refractivity contribution in [2.75, 3.05) is 12.4 Å². The van der Waals surface area contributed by atoms with E-state index in [1.807, 2.05) is 12.3 Å². The topological polar surface area (TPSA) is 203 Å². The number of rotatable bonds is 9. The summed E-state index contributed by atoms with van der Waals surface area (Å²) in [5.41, 5.74) is 6.62. The fraction of sp³-hybridized carbons (Fsp3) is 0.103. The van der Waals surface area contributed by atoms with Gasteiger partial charge in [-0.2, -0.15) is 5.10 Å². The van der Waals surface area contributed by atoms with Crippen molar-refractivity contribution >= 4 is 51.9 Å². The molecule has 0 aliphatic carbocycles. The number of nitrogens with one attached hydrogen (secondary N) is 3. The Morgan fingerprint density at radius 2 is 1.64 bits per heavy atom. The first-order chi connectivity index (χ1) is 20.1. The molecule has 5 N–H and O–H groups in total. The summed E-state index contributed by atoms with van der Waals surface area (Å²) in [5, 5.41) is 5.97. The average Bonchev–Trinajstić information content (AvgIpc) is 2.99. The molecule has 4 rings (SSSR count). The fourth-order valence-electron chi connectivity index (χ4n) is 3.98. The van der Waals surface area contributed by atoms with E-state index >= 15 is 0 Å². The second kappa shape index (κ2) is 12.5. The van der Waals surface area contributed by atoms with Gasteiger partial charge in [-0.1, -0.05) is 48.0 Å². The lowest BCUT2D eigenvalue weighted by atomic mass is 9.93. The van der Waals surface area contributed by atoms with Crippen molar-refractivity contribution in [1.29, 1.82) is 0 Å². The first kappa shape index (κ1) is 29.0. The normalized spacial score (nSPS) is 11.8. The maximum atomic E-state index is 13.5. The number of ether oxygens (including phenoxy) is 1. The number of carbonyl (C=O) groups is 5. The summed E-state index contributed by atoms with van der Waals surface area (Å²) in [7, 11) is 0.972. The standard InChI is InChI=1S/C29H24N6O7/c1-15-8-11-18(12-9-15)31-27(39)25(37)21(23(28(40)42-2)34-35-29(30)41)22-26(38)33-20-14-17(10-13-19(20)32-22)24(36)16-6-4-3-5-7-16/h3-14,21H,1-2H3,(H,31,39)(H,33,38)(H3,30,35,41)/b34-23-/t21-/m0/s1. The van der Waals surface area contributed by atoms with Crippen molar-refractivity contribution in [2.45, 2.75) is 12.8 Å². The van der Waals surface area contributed by atoms with Gasteiger partial charge in [0.2, 0.25) is 5.78 Å². The van der Waals surface area contributed by atoms with Crippen LogP contribution in [0.1, 0.15) is 33.1 Å². The second-order valence-electron chi connectivity index (χ2n) is 8.96. The van der Waals surface area contributed by atoms with Gasteiger partial charge in [0.25, 0.3) is 11.5 Å². The maximum Gasteiger partial charge on any atom is 0.355 e. The third kappa shape index (κ3) is 6.42. The first-order valence-corrected chi connectivity index (χ1v) is 12.4. The van der Waals surface area contributed by atoms with Crippen LogP contribution >= 0.6 is 0 Å². The molecular formula is C29H24N6O7. The number of methoxy groups -OCH3 is 1. The number of H-pyrrole nitrogens is 1. The van der Waals surface area contributed by atoms with Crippen molar-refractivity contribution in [3.63, 3.8) is 0 Å². The summed E-state index contributed by atoms with van der Waals surface area (Å²) >= 11 is 0. The van der Waals surface area contributed by atoms with Gasteiger partial charge in [-0.05, 0) is 37.3 Å². The number of ketones is 2. The van der Waals surface area contributed by atoms with E-state index < -0.39 is 46.6 Å². The van der Waals surface area contributed by atoms with Gasteiger partial charge in [0, 0.05) is 16.8 Å². The zero-order chi connectivity index (χ0) is 30.4. The Hall–Kier alpha value is -5.98. The Labute approximate surface area is 237 Å². The van der Waals surface area contributed by atoms with Crippen LogP contribution in [-0.4, -0.2) is 52.3 Å². The molecule has 3 amide bonds. The number of primary amides is 1. The van der Waals surface area contributed by atoms with Gasteiger partial charge < -0.3 is 20.8 Å². The predicted octanol–water partition coefficient (Wildman–Crippen LogP) is 1.95. The molecule has 42 heavy (non-hydrogen) atoms. The highest BCUT2D eigenvalue weighted by Crippen LogP contribution is 2.21. The van der Waals surface area contributed by atoms with E-state index in [1.165, 1.54) is 18.2 Å². The lowest BCUT2D eigenvalue weighted by Crippen LogP contribution is -2.41. The minimum Gasteiger partial charge on any atom is -0.464 e. The minimum atomic E-state index is -2.02. The number of esters is 1. The van der Waals surface area contributed by atoms with Gasteiger partial charge in [-0.15, -0.1) is 0 Å². The van der Waals surface area contributed by atoms with E-state index in [0.29, 0.717) is 5.56 Å². The molecule has 1 aromatic heterocycles. The van der Waals surface area contributed by atoms with Crippen LogP contribution < -0.4 is 22.0 Å². The third-order valence-corrected chi connectivity index (χ3v) is 6.04. The molecule has 13 nitrogen and oxygen atoms in total. The predicted molar refractivity (Wildman–Crippen MR) is 152 cm³/mol. The molecule has 1 atom stereocenters. The first-order valence-electron chi connectivity index (χ1n) is 12.4. The van der Waals surface area contributed by atoms with Crippen LogP contribution in [-0.2, 0) is 19.1 Å². The molecule has 0 spiro atoms. The van der Waals surface area contributed by atoms with Gasteiger partial charge in [-0.25, -0.2) is 20.0 Å². The van der Waals surface area contributed by atoms with Crippen LogP contribution in [0.15, 0.2) is 82.7 Å². The summed E-state index contributed by atoms with van der Waals surface area (Å²) in [6, 6.07) is 18.1. The molecule has 0 aliphatic heterocycles. The van der Waals surface area contributed by atoms with Crippen LogP contribution in [0.4, 0.5) is 10.5 Å². The number of aromatic nitrogens is 2. The zero-order valence-corrected chi connectivity index (χ0v) is 22.3. The van der Waals surface area contributed by atoms with Crippen molar-refractivity contribution in [3.05, 3.63) is 106 Å². The highest BCUT2D eigenvalue weighted by molar-refractivity contribution is 6.53. The second-order valence-corrected chi connectivity index (χ2v) is 8.96. The molecule has 1 heterocycles. The summed E-state index contributed by atoms with van der Waals surface area (Å²) in [5.74, 6) is -6.08. The summed E-state index contributed by atoms with van der Waals surface area (Å²) in [6.07, 6.45) is 0. The molecule has 0 aliphatic rings. The average molecular weight is 569 g/mol. The number of nitrogens with zero attached hydrogens (tertiary/aromatic N) is 2. The van der Waals surface area contributed by atoms with E-state index in [1.54, 1.807) is 54.6 Å². The molecule has 3 aromatic carbocycles. The maximum absolute atomic E-state index is 13.5. The Morgan fingerprint density at radius 3 is 2.29 bits per heavy atom. The van der Waals surface area contributed by atoms with Crippen LogP contribution in [0.25, 0.3) is 11.0 Å². The van der Waals surface area contributed by atoms with Crippen LogP contribution in [0.2, 0.25) is 0 Å². The molecule has 0 saturated carbocycles. The van der Waals surface area contributed by atoms with Gasteiger partial charge in [-0.3, -0.25) is 19.2 Å². The number of Topliss-reactive ketones (excluding diaryl/α,β-unsaturated/α-hetero) is 1. The molecule has 0 unspecified atom stereocenters. The van der Waals surface area contributed by atoms with Gasteiger partial charge in [0.15, 0.2) is 11.5 Å². The van der Waals surface area contributed by atoms with E-state index in [0.717, 1.165) is 12.7 Å². The van der Waals surface area contributed by atoms with Crippen molar-refractivity contribution in [2.24, 2.45) is 10.8 Å². The Balaban J connectivity index is 1.81. The van der Waals surface area contributed by atoms with Gasteiger partial charge in [0.1, 0.15) is 11.6 Å². The smallest absolute Gasteiger partial charge is 0.355 e. The highest BCUT2D eigenvalue weighted by Gasteiger charge is 2.39. The number of hydrogen-bond donors (Lipinski definition) is 4. The Kier molecular flexibility index (Phi) is 8.61. The zero-order valence-electron chi connectivity index (χ0n) is 22.3. The number of benzene rings is 3. The number of hydrazone groups is 1. The number of aryl methyl sites for hydroxylation is 1. The van der Waals surface area contributed by atoms with Gasteiger partial charge >= 0.3 is 12.0 Å². The largest absolute Gasteiger partial charge is 0.464 e. The monoisotopic (exact) mass is 568 g/mol. The van der Waals surface area contributed by atoms with E-state index in [9.17, 15) is 28.8 Å². The van der Waals surface area contributed by atoms with Crippen molar-refractivity contribution < 1.29 is 28.7 Å². The van der Waals surface area contributed by atoms with E-state index in [2.05, 4.69) is 20.4 Å². The van der Waals surface area contributed by atoms with E-state index in [4.69, 9.17) is 10.5 Å². The molecule has 0 fully saturated rings. The molecule has 13 heteroatoms. The SMILES string of the molecule is COC(=O)/C(=N\NC(N)=O)[C@@H](C(=O)C(=O)Nc1ccc(C)cc1)c1nc2ccc(C(=O)c3ccccc3)cc2[nH]c1=O. The van der Waals surface area contributed by atoms with Crippen LogP contribution in [0, 0.1) is 6.92 Å². The summed E-state index contributed by atoms with van der Waals surface area (Å²) in [4.78, 5) is 83.6. The molecule has 0 saturated heterocycles. The molecular weight excluding hydrogens is 544 g/mol.